The number of hydrogen-bond donors (Lipinski definition) is 1. The smallest absolute Gasteiger partial charge is 0.149 e. The Kier molecular flexibility index (Phi) is 13.8. The third-order valence-electron chi connectivity index (χ3n) is 4.67. The maximum absolute atomic E-state index is 10.0. The largest absolute Gasteiger partial charge is 0.542 e. The van der Waals surface area contributed by atoms with Crippen LogP contribution in [0.5, 0.6) is 0 Å². The lowest BCUT2D eigenvalue weighted by Gasteiger charge is -2.26. The van der Waals surface area contributed by atoms with Crippen LogP contribution in [0.3, 0.4) is 0 Å². The van der Waals surface area contributed by atoms with Gasteiger partial charge < -0.3 is 19.4 Å². The normalized spacial score (nSPS) is 11.1. The van der Waals surface area contributed by atoms with Crippen molar-refractivity contribution in [1.82, 2.24) is 0 Å². The summed E-state index contributed by atoms with van der Waals surface area (Å²) in [6.07, 6.45) is 16.0. The number of aliphatic hydroxyl groups is 1. The SMILES string of the molecule is CCCC[P+](CC)(CCCC)CCCC.O=C([O-])c1cc(CO)co1. The molecule has 1 N–H and O–H groups in total. The molecule has 0 aliphatic rings. The molecule has 0 amide bonds. The highest BCUT2D eigenvalue weighted by molar-refractivity contribution is 7.75. The van der Waals surface area contributed by atoms with E-state index in [1.165, 1.54) is 57.0 Å². The van der Waals surface area contributed by atoms with Crippen molar-refractivity contribution in [2.75, 3.05) is 24.6 Å². The maximum atomic E-state index is 10.0. The summed E-state index contributed by atoms with van der Waals surface area (Å²) in [7, 11) is -0.527. The zero-order valence-corrected chi connectivity index (χ0v) is 17.4. The molecule has 0 aliphatic heterocycles. The predicted molar refractivity (Wildman–Crippen MR) is 106 cm³/mol. The van der Waals surface area contributed by atoms with Gasteiger partial charge in [-0.2, -0.15) is 0 Å². The monoisotopic (exact) mass is 372 g/mol. The highest BCUT2D eigenvalue weighted by Crippen LogP contribution is 2.60. The van der Waals surface area contributed by atoms with Crippen LogP contribution in [0.15, 0.2) is 16.7 Å². The van der Waals surface area contributed by atoms with Crippen molar-refractivity contribution >= 4 is 13.2 Å². The highest BCUT2D eigenvalue weighted by Gasteiger charge is 2.32. The Morgan fingerprint density at radius 3 is 1.76 bits per heavy atom. The Hall–Kier alpha value is -0.860. The van der Waals surface area contributed by atoms with Crippen LogP contribution >= 0.6 is 7.26 Å². The number of carboxylic acids is 1. The van der Waals surface area contributed by atoms with Crippen LogP contribution in [0.2, 0.25) is 0 Å². The number of rotatable bonds is 12. The summed E-state index contributed by atoms with van der Waals surface area (Å²) in [5.41, 5.74) is 0.430. The molecule has 0 fully saturated rings. The Balaban J connectivity index is 0.000000496. The fraction of sp³-hybridized carbons (Fsp3) is 0.750. The number of carbonyl (C=O) groups is 1. The van der Waals surface area contributed by atoms with Crippen LogP contribution in [0.25, 0.3) is 0 Å². The molecule has 0 saturated carbocycles. The number of hydrogen-bond acceptors (Lipinski definition) is 4. The lowest BCUT2D eigenvalue weighted by molar-refractivity contribution is -0.257. The summed E-state index contributed by atoms with van der Waals surface area (Å²) < 4.78 is 4.49. The van der Waals surface area contributed by atoms with Gasteiger partial charge in [0.05, 0.1) is 37.5 Å². The molecule has 1 aromatic rings. The minimum Gasteiger partial charge on any atom is -0.542 e. The average Bonchev–Trinajstić information content (AvgIpc) is 3.12. The molecule has 0 aliphatic carbocycles. The van der Waals surface area contributed by atoms with Crippen molar-refractivity contribution in [3.8, 4) is 0 Å². The Labute approximate surface area is 154 Å². The molecule has 0 spiro atoms. The van der Waals surface area contributed by atoms with E-state index in [2.05, 4.69) is 32.1 Å². The van der Waals surface area contributed by atoms with Gasteiger partial charge in [-0.05, 0) is 32.3 Å². The van der Waals surface area contributed by atoms with Crippen molar-refractivity contribution < 1.29 is 19.4 Å². The van der Waals surface area contributed by atoms with Gasteiger partial charge in [-0.3, -0.25) is 0 Å². The van der Waals surface area contributed by atoms with E-state index in [0.717, 1.165) is 0 Å². The number of aliphatic hydroxyl groups excluding tert-OH is 1. The van der Waals surface area contributed by atoms with Gasteiger partial charge in [-0.25, -0.2) is 0 Å². The average molecular weight is 372 g/mol. The van der Waals surface area contributed by atoms with Crippen LogP contribution in [-0.4, -0.2) is 35.7 Å². The summed E-state index contributed by atoms with van der Waals surface area (Å²) in [5.74, 6) is -1.64. The van der Waals surface area contributed by atoms with E-state index < -0.39 is 13.2 Å². The van der Waals surface area contributed by atoms with Crippen molar-refractivity contribution in [3.63, 3.8) is 0 Å². The maximum Gasteiger partial charge on any atom is 0.149 e. The topological polar surface area (TPSA) is 73.5 Å². The molecule has 0 aromatic carbocycles. The fourth-order valence-electron chi connectivity index (χ4n) is 2.86. The molecule has 25 heavy (non-hydrogen) atoms. The fourth-order valence-corrected chi connectivity index (χ4v) is 7.44. The molecule has 1 rings (SSSR count). The first-order valence-corrected chi connectivity index (χ1v) is 12.3. The molecule has 1 aromatic heterocycles. The molecule has 0 atom stereocenters. The second kappa shape index (κ2) is 14.3. The van der Waals surface area contributed by atoms with Crippen LogP contribution in [0.4, 0.5) is 0 Å². The first-order valence-electron chi connectivity index (χ1n) is 9.73. The van der Waals surface area contributed by atoms with E-state index in [4.69, 9.17) is 5.11 Å². The van der Waals surface area contributed by atoms with E-state index >= 15 is 0 Å². The van der Waals surface area contributed by atoms with Crippen LogP contribution in [0, 0.1) is 0 Å². The standard InChI is InChI=1S/C14H32P.C6H6O4/c1-5-9-12-15(8-4,13-10-6-2)14-11-7-3;7-2-4-1-5(6(8)9)10-3-4/h5-14H2,1-4H3;1,3,7H,2H2,(H,8,9)/q+1;/p-1. The molecule has 146 valence electrons. The highest BCUT2D eigenvalue weighted by atomic mass is 31.2. The third-order valence-corrected chi connectivity index (χ3v) is 9.80. The van der Waals surface area contributed by atoms with Gasteiger partial charge in [-0.15, -0.1) is 0 Å². The molecular formula is C20H37O4P. The quantitative estimate of drug-likeness (QED) is 0.546. The number of aromatic carboxylic acids is 1. The Bertz CT molecular complexity index is 435. The molecule has 4 nitrogen and oxygen atoms in total. The van der Waals surface area contributed by atoms with E-state index in [1.54, 1.807) is 18.5 Å². The van der Waals surface area contributed by atoms with Crippen LogP contribution < -0.4 is 5.11 Å². The van der Waals surface area contributed by atoms with Gasteiger partial charge in [0.1, 0.15) is 11.7 Å². The number of carbonyl (C=O) groups excluding carboxylic acids is 1. The van der Waals surface area contributed by atoms with Crippen LogP contribution in [0.1, 0.15) is 82.3 Å². The second-order valence-electron chi connectivity index (χ2n) is 6.65. The van der Waals surface area contributed by atoms with E-state index in [0.29, 0.717) is 5.56 Å². The molecule has 0 saturated heterocycles. The van der Waals surface area contributed by atoms with Gasteiger partial charge >= 0.3 is 0 Å². The minimum absolute atomic E-state index is 0.225. The first-order chi connectivity index (χ1) is 12.0. The molecule has 0 bridgehead atoms. The third kappa shape index (κ3) is 10.0. The summed E-state index contributed by atoms with van der Waals surface area (Å²) in [4.78, 5) is 10.0. The summed E-state index contributed by atoms with van der Waals surface area (Å²) in [5, 5.41) is 18.5. The number of unbranched alkanes of at least 4 members (excludes halogenated alkanes) is 3. The van der Waals surface area contributed by atoms with Gasteiger partial charge in [0.15, 0.2) is 0 Å². The van der Waals surface area contributed by atoms with Gasteiger partial charge in [0.25, 0.3) is 0 Å². The Morgan fingerprint density at radius 1 is 1.04 bits per heavy atom. The lowest BCUT2D eigenvalue weighted by Crippen LogP contribution is -2.21. The molecule has 0 radical (unpaired) electrons. The summed E-state index contributed by atoms with van der Waals surface area (Å²) in [6, 6.07) is 1.22. The van der Waals surface area contributed by atoms with Crippen molar-refractivity contribution in [2.24, 2.45) is 0 Å². The van der Waals surface area contributed by atoms with Crippen LogP contribution in [-0.2, 0) is 6.61 Å². The zero-order valence-electron chi connectivity index (χ0n) is 16.6. The Morgan fingerprint density at radius 2 is 1.52 bits per heavy atom. The molecule has 0 unspecified atom stereocenters. The van der Waals surface area contributed by atoms with E-state index in [1.807, 2.05) is 0 Å². The molecule has 1 heterocycles. The zero-order chi connectivity index (χ0) is 19.1. The lowest BCUT2D eigenvalue weighted by atomic mass is 10.3. The van der Waals surface area contributed by atoms with Crippen molar-refractivity contribution in [3.05, 3.63) is 23.7 Å². The summed E-state index contributed by atoms with van der Waals surface area (Å²) in [6.45, 7) is 9.24. The van der Waals surface area contributed by atoms with Gasteiger partial charge in [0.2, 0.25) is 0 Å². The number of furan rings is 1. The van der Waals surface area contributed by atoms with E-state index in [-0.39, 0.29) is 12.4 Å². The predicted octanol–water partition coefficient (Wildman–Crippen LogP) is 4.56. The number of carboxylic acid groups (broad SMARTS) is 1. The van der Waals surface area contributed by atoms with Gasteiger partial charge in [0, 0.05) is 12.8 Å². The van der Waals surface area contributed by atoms with Gasteiger partial charge in [-0.1, -0.05) is 40.0 Å². The summed E-state index contributed by atoms with van der Waals surface area (Å²) >= 11 is 0. The molecule has 5 heteroatoms. The minimum atomic E-state index is -1.38. The molecular weight excluding hydrogens is 335 g/mol. The van der Waals surface area contributed by atoms with Crippen molar-refractivity contribution in [2.45, 2.75) is 72.8 Å². The van der Waals surface area contributed by atoms with Crippen molar-refractivity contribution in [1.29, 1.82) is 0 Å². The van der Waals surface area contributed by atoms with E-state index in [9.17, 15) is 9.90 Å². The second-order valence-corrected chi connectivity index (χ2v) is 11.3. The first kappa shape index (κ1) is 24.1.